The lowest BCUT2D eigenvalue weighted by Crippen LogP contribution is -2.32. The normalized spacial score (nSPS) is 10.4. The van der Waals surface area contributed by atoms with Gasteiger partial charge in [0, 0.05) is 18.2 Å². The van der Waals surface area contributed by atoms with E-state index in [0.29, 0.717) is 22.8 Å². The van der Waals surface area contributed by atoms with Crippen LogP contribution in [-0.2, 0) is 9.59 Å². The number of anilines is 2. The molecule has 2 amide bonds. The van der Waals surface area contributed by atoms with Crippen LogP contribution < -0.4 is 20.7 Å². The Morgan fingerprint density at radius 1 is 1.14 bits per heavy atom. The van der Waals surface area contributed by atoms with Gasteiger partial charge in [0.2, 0.25) is 11.8 Å². The molecule has 28 heavy (non-hydrogen) atoms. The van der Waals surface area contributed by atoms with Gasteiger partial charge in [-0.2, -0.15) is 0 Å². The number of ether oxygens (including phenoxy) is 1. The minimum atomic E-state index is -0.389. The van der Waals surface area contributed by atoms with Crippen LogP contribution in [0.25, 0.3) is 6.08 Å². The summed E-state index contributed by atoms with van der Waals surface area (Å²) in [4.78, 5) is 23.5. The summed E-state index contributed by atoms with van der Waals surface area (Å²) in [5.41, 5.74) is 1.89. The van der Waals surface area contributed by atoms with Crippen LogP contribution in [0.5, 0.6) is 5.75 Å². The Hall–Kier alpha value is -2.90. The summed E-state index contributed by atoms with van der Waals surface area (Å²) in [7, 11) is 1.59. The highest BCUT2D eigenvalue weighted by Crippen LogP contribution is 2.25. The fourth-order valence-electron chi connectivity index (χ4n) is 2.14. The van der Waals surface area contributed by atoms with Gasteiger partial charge in [0.15, 0.2) is 5.11 Å². The first-order valence-corrected chi connectivity index (χ1v) is 9.23. The Bertz CT molecular complexity index is 898. The van der Waals surface area contributed by atoms with Crippen LogP contribution >= 0.6 is 23.8 Å². The van der Waals surface area contributed by atoms with E-state index < -0.39 is 0 Å². The number of carbonyl (C=O) groups excluding carboxylic acids is 2. The highest BCUT2D eigenvalue weighted by Gasteiger charge is 2.07. The average Bonchev–Trinajstić information content (AvgIpc) is 2.69. The van der Waals surface area contributed by atoms with E-state index in [0.717, 1.165) is 11.3 Å². The van der Waals surface area contributed by atoms with E-state index in [-0.39, 0.29) is 16.9 Å². The number of nitrogens with one attached hydrogen (secondary N) is 3. The van der Waals surface area contributed by atoms with Crippen molar-refractivity contribution in [3.63, 3.8) is 0 Å². The average molecular weight is 418 g/mol. The van der Waals surface area contributed by atoms with Crippen molar-refractivity contribution in [3.8, 4) is 5.75 Å². The molecule has 0 spiro atoms. The zero-order valence-corrected chi connectivity index (χ0v) is 17.0. The van der Waals surface area contributed by atoms with Gasteiger partial charge in [0.25, 0.3) is 0 Å². The molecule has 0 radical (unpaired) electrons. The minimum Gasteiger partial charge on any atom is -0.497 e. The zero-order chi connectivity index (χ0) is 20.5. The Morgan fingerprint density at radius 3 is 2.50 bits per heavy atom. The monoisotopic (exact) mass is 417 g/mol. The number of carbonyl (C=O) groups is 2. The molecule has 2 aromatic rings. The highest BCUT2D eigenvalue weighted by molar-refractivity contribution is 7.80. The number of thiocarbonyl (C=S) groups is 1. The molecular formula is C20H20ClN3O3S. The van der Waals surface area contributed by atoms with E-state index >= 15 is 0 Å². The number of halogens is 1. The highest BCUT2D eigenvalue weighted by atomic mass is 35.5. The van der Waals surface area contributed by atoms with Crippen LogP contribution in [0, 0.1) is 0 Å². The van der Waals surface area contributed by atoms with E-state index in [1.807, 2.05) is 12.1 Å². The Labute approximate surface area is 173 Å². The second-order valence-electron chi connectivity index (χ2n) is 5.65. The van der Waals surface area contributed by atoms with Crippen LogP contribution in [0.4, 0.5) is 11.4 Å². The number of rotatable bonds is 6. The van der Waals surface area contributed by atoms with Crippen LogP contribution in [0.1, 0.15) is 18.9 Å². The topological polar surface area (TPSA) is 79.5 Å². The standard InChI is InChI=1S/C20H20ClN3O3S/c1-3-18(25)22-14-7-10-16(21)17(12-14)23-20(28)24-19(26)11-6-13-4-8-15(27-2)9-5-13/h4-12H,3H2,1-2H3,(H,22,25)(H2,23,24,26,28). The Balaban J connectivity index is 1.95. The van der Waals surface area contributed by atoms with E-state index in [4.69, 9.17) is 28.6 Å². The molecule has 0 saturated carbocycles. The lowest BCUT2D eigenvalue weighted by Gasteiger charge is -2.12. The zero-order valence-electron chi connectivity index (χ0n) is 15.4. The number of hydrogen-bond donors (Lipinski definition) is 3. The molecule has 0 bridgehead atoms. The summed E-state index contributed by atoms with van der Waals surface area (Å²) in [6.45, 7) is 1.76. The fourth-order valence-corrected chi connectivity index (χ4v) is 2.52. The summed E-state index contributed by atoms with van der Waals surface area (Å²) >= 11 is 11.3. The fraction of sp³-hybridized carbons (Fsp3) is 0.150. The summed E-state index contributed by atoms with van der Waals surface area (Å²) in [6, 6.07) is 12.2. The summed E-state index contributed by atoms with van der Waals surface area (Å²) < 4.78 is 5.09. The van der Waals surface area contributed by atoms with Gasteiger partial charge in [-0.3, -0.25) is 14.9 Å². The minimum absolute atomic E-state index is 0.0882. The third-order valence-electron chi connectivity index (χ3n) is 3.60. The number of amides is 2. The first-order chi connectivity index (χ1) is 13.4. The molecule has 3 N–H and O–H groups in total. The van der Waals surface area contributed by atoms with Crippen LogP contribution in [0.2, 0.25) is 5.02 Å². The van der Waals surface area contributed by atoms with E-state index in [2.05, 4.69) is 16.0 Å². The van der Waals surface area contributed by atoms with Crippen molar-refractivity contribution in [3.05, 3.63) is 59.1 Å². The van der Waals surface area contributed by atoms with Crippen LogP contribution in [-0.4, -0.2) is 24.0 Å². The van der Waals surface area contributed by atoms with E-state index in [1.54, 1.807) is 50.4 Å². The largest absolute Gasteiger partial charge is 0.497 e. The molecule has 146 valence electrons. The second-order valence-corrected chi connectivity index (χ2v) is 6.46. The van der Waals surface area contributed by atoms with Gasteiger partial charge in [0.05, 0.1) is 17.8 Å². The lowest BCUT2D eigenvalue weighted by atomic mass is 10.2. The molecule has 6 nitrogen and oxygen atoms in total. The third kappa shape index (κ3) is 6.68. The van der Waals surface area contributed by atoms with E-state index in [9.17, 15) is 9.59 Å². The van der Waals surface area contributed by atoms with Crippen LogP contribution in [0.15, 0.2) is 48.5 Å². The number of hydrogen-bond acceptors (Lipinski definition) is 4. The molecule has 0 unspecified atom stereocenters. The maximum absolute atomic E-state index is 12.0. The molecule has 0 aliphatic heterocycles. The first-order valence-electron chi connectivity index (χ1n) is 8.44. The molecule has 8 heteroatoms. The molecule has 0 saturated heterocycles. The van der Waals surface area contributed by atoms with Gasteiger partial charge in [-0.05, 0) is 54.2 Å². The van der Waals surface area contributed by atoms with Gasteiger partial charge in [-0.1, -0.05) is 30.7 Å². The lowest BCUT2D eigenvalue weighted by molar-refractivity contribution is -0.116. The quantitative estimate of drug-likeness (QED) is 0.484. The Kier molecular flexibility index (Phi) is 7.98. The maximum atomic E-state index is 12.0. The molecular weight excluding hydrogens is 398 g/mol. The van der Waals surface area contributed by atoms with Crippen molar-refractivity contribution in [2.24, 2.45) is 0 Å². The SMILES string of the molecule is CCC(=O)Nc1ccc(Cl)c(NC(=S)NC(=O)C=Cc2ccc(OC)cc2)c1. The van der Waals surface area contributed by atoms with Crippen molar-refractivity contribution >= 4 is 58.2 Å². The molecule has 0 fully saturated rings. The van der Waals surface area contributed by atoms with Crippen molar-refractivity contribution in [1.29, 1.82) is 0 Å². The summed E-state index contributed by atoms with van der Waals surface area (Å²) in [6.07, 6.45) is 3.39. The molecule has 0 atom stereocenters. The van der Waals surface area contributed by atoms with Gasteiger partial charge < -0.3 is 15.4 Å². The molecule has 0 aliphatic carbocycles. The van der Waals surface area contributed by atoms with Gasteiger partial charge in [0.1, 0.15) is 5.75 Å². The predicted molar refractivity (Wildman–Crippen MR) is 117 cm³/mol. The van der Waals surface area contributed by atoms with E-state index in [1.165, 1.54) is 6.08 Å². The van der Waals surface area contributed by atoms with Crippen LogP contribution in [0.3, 0.4) is 0 Å². The van der Waals surface area contributed by atoms with Crippen molar-refractivity contribution in [1.82, 2.24) is 5.32 Å². The number of methoxy groups -OCH3 is 1. The van der Waals surface area contributed by atoms with Gasteiger partial charge in [-0.15, -0.1) is 0 Å². The molecule has 2 rings (SSSR count). The molecule has 0 heterocycles. The molecule has 0 aliphatic rings. The maximum Gasteiger partial charge on any atom is 0.250 e. The Morgan fingerprint density at radius 2 is 1.86 bits per heavy atom. The smallest absolute Gasteiger partial charge is 0.250 e. The van der Waals surface area contributed by atoms with Crippen molar-refractivity contribution in [2.75, 3.05) is 17.7 Å². The molecule has 2 aromatic carbocycles. The summed E-state index contributed by atoms with van der Waals surface area (Å²) in [5.74, 6) is 0.230. The van der Waals surface area contributed by atoms with Crippen molar-refractivity contribution in [2.45, 2.75) is 13.3 Å². The first kappa shape index (κ1) is 21.4. The predicted octanol–water partition coefficient (Wildman–Crippen LogP) is 4.22. The van der Waals surface area contributed by atoms with Gasteiger partial charge in [-0.25, -0.2) is 0 Å². The summed E-state index contributed by atoms with van der Waals surface area (Å²) in [5, 5.41) is 8.62. The van der Waals surface area contributed by atoms with Gasteiger partial charge >= 0.3 is 0 Å². The van der Waals surface area contributed by atoms with Crippen molar-refractivity contribution < 1.29 is 14.3 Å². The second kappa shape index (κ2) is 10.4. The number of benzene rings is 2. The molecule has 0 aromatic heterocycles. The third-order valence-corrected chi connectivity index (χ3v) is 4.13.